The minimum Gasteiger partial charge on any atom is -0.497 e. The van der Waals surface area contributed by atoms with Gasteiger partial charge >= 0.3 is 0 Å². The van der Waals surface area contributed by atoms with Crippen molar-refractivity contribution in [2.75, 3.05) is 20.2 Å². The fraction of sp³-hybridized carbons (Fsp3) is 0.381. The van der Waals surface area contributed by atoms with Gasteiger partial charge in [0.15, 0.2) is 0 Å². The van der Waals surface area contributed by atoms with Crippen LogP contribution in [0.3, 0.4) is 0 Å². The van der Waals surface area contributed by atoms with Gasteiger partial charge in [-0.05, 0) is 48.6 Å². The molecule has 0 N–H and O–H groups in total. The van der Waals surface area contributed by atoms with Crippen molar-refractivity contribution in [2.24, 2.45) is 0 Å². The molecule has 0 bridgehead atoms. The Kier molecular flexibility index (Phi) is 4.56. The van der Waals surface area contributed by atoms with Gasteiger partial charge in [-0.2, -0.15) is 0 Å². The third kappa shape index (κ3) is 3.27. The molecule has 1 saturated carbocycles. The number of hydrogen-bond acceptors (Lipinski definition) is 4. The van der Waals surface area contributed by atoms with Gasteiger partial charge in [0.1, 0.15) is 5.75 Å². The van der Waals surface area contributed by atoms with Crippen molar-refractivity contribution in [3.8, 4) is 5.75 Å². The molecule has 0 atom stereocenters. The lowest BCUT2D eigenvalue weighted by Crippen LogP contribution is -2.49. The van der Waals surface area contributed by atoms with Gasteiger partial charge in [0, 0.05) is 25.5 Å². The molecule has 1 aliphatic carbocycles. The van der Waals surface area contributed by atoms with Crippen LogP contribution in [0.1, 0.15) is 30.4 Å². The summed E-state index contributed by atoms with van der Waals surface area (Å²) in [5, 5.41) is 3.29. The van der Waals surface area contributed by atoms with E-state index in [-0.39, 0.29) is 18.2 Å². The van der Waals surface area contributed by atoms with Crippen LogP contribution in [0, 0.1) is 0 Å². The molecule has 1 aliphatic heterocycles. The number of amides is 2. The average molecular weight is 365 g/mol. The summed E-state index contributed by atoms with van der Waals surface area (Å²) in [4.78, 5) is 30.2. The van der Waals surface area contributed by atoms with E-state index in [4.69, 9.17) is 4.74 Å². The molecule has 1 aromatic carbocycles. The highest BCUT2D eigenvalue weighted by Gasteiger charge is 2.54. The van der Waals surface area contributed by atoms with Crippen molar-refractivity contribution >= 4 is 11.8 Å². The molecule has 2 heterocycles. The first kappa shape index (κ1) is 17.5. The Morgan fingerprint density at radius 2 is 1.85 bits per heavy atom. The lowest BCUT2D eigenvalue weighted by Gasteiger charge is -2.31. The van der Waals surface area contributed by atoms with E-state index in [1.165, 1.54) is 0 Å². The lowest BCUT2D eigenvalue weighted by molar-refractivity contribution is -0.159. The Morgan fingerprint density at radius 3 is 2.48 bits per heavy atom. The van der Waals surface area contributed by atoms with Crippen LogP contribution < -0.4 is 4.74 Å². The zero-order valence-electron chi connectivity index (χ0n) is 15.4. The molecule has 2 aliphatic rings. The van der Waals surface area contributed by atoms with E-state index in [0.29, 0.717) is 13.1 Å². The molecule has 0 unspecified atom stereocenters. The van der Waals surface area contributed by atoms with Gasteiger partial charge in [0.2, 0.25) is 5.91 Å². The number of carbonyl (C=O) groups excluding carboxylic acids is 2. The number of methoxy groups -OCH3 is 1. The molecule has 0 radical (unpaired) electrons. The Morgan fingerprint density at radius 1 is 1.11 bits per heavy atom. The van der Waals surface area contributed by atoms with E-state index < -0.39 is 5.41 Å². The smallest absolute Gasteiger partial charge is 0.251 e. The quantitative estimate of drug-likeness (QED) is 0.816. The van der Waals surface area contributed by atoms with E-state index in [0.717, 1.165) is 36.1 Å². The van der Waals surface area contributed by atoms with Crippen molar-refractivity contribution in [2.45, 2.75) is 31.1 Å². The Labute approximate surface area is 158 Å². The lowest BCUT2D eigenvalue weighted by atomic mass is 9.94. The highest BCUT2D eigenvalue weighted by Crippen LogP contribution is 2.50. The molecule has 140 valence electrons. The van der Waals surface area contributed by atoms with E-state index in [1.807, 2.05) is 36.4 Å². The SMILES string of the molecule is COc1ccc(C2(C(=O)N3CCCN3C(=O)Cc3cccnc3)CC2)cc1. The highest BCUT2D eigenvalue weighted by molar-refractivity contribution is 5.93. The van der Waals surface area contributed by atoms with Crippen molar-refractivity contribution < 1.29 is 14.3 Å². The third-order valence-corrected chi connectivity index (χ3v) is 5.43. The summed E-state index contributed by atoms with van der Waals surface area (Å²) in [7, 11) is 1.63. The number of rotatable bonds is 5. The van der Waals surface area contributed by atoms with Crippen LogP contribution >= 0.6 is 0 Å². The van der Waals surface area contributed by atoms with E-state index in [2.05, 4.69) is 4.98 Å². The Balaban J connectivity index is 1.51. The zero-order valence-corrected chi connectivity index (χ0v) is 15.4. The fourth-order valence-electron chi connectivity index (χ4n) is 3.76. The second kappa shape index (κ2) is 7.02. The van der Waals surface area contributed by atoms with Gasteiger partial charge in [0.05, 0.1) is 18.9 Å². The largest absolute Gasteiger partial charge is 0.497 e. The third-order valence-electron chi connectivity index (χ3n) is 5.43. The fourth-order valence-corrected chi connectivity index (χ4v) is 3.76. The predicted molar refractivity (Wildman–Crippen MR) is 99.9 cm³/mol. The van der Waals surface area contributed by atoms with Crippen LogP contribution in [0.2, 0.25) is 0 Å². The first-order valence-electron chi connectivity index (χ1n) is 9.30. The molecular weight excluding hydrogens is 342 g/mol. The molecule has 1 aromatic heterocycles. The second-order valence-corrected chi connectivity index (χ2v) is 7.15. The molecule has 2 fully saturated rings. The zero-order chi connectivity index (χ0) is 18.9. The summed E-state index contributed by atoms with van der Waals surface area (Å²) in [6.45, 7) is 1.18. The highest BCUT2D eigenvalue weighted by atomic mass is 16.5. The van der Waals surface area contributed by atoms with Crippen LogP contribution in [-0.4, -0.2) is 47.0 Å². The van der Waals surface area contributed by atoms with Crippen LogP contribution in [-0.2, 0) is 21.4 Å². The molecule has 0 spiro atoms. The number of ether oxygens (including phenoxy) is 1. The maximum Gasteiger partial charge on any atom is 0.251 e. The standard InChI is InChI=1S/C21H23N3O3/c1-27-18-7-5-17(6-8-18)21(9-10-21)20(26)24-13-3-12-23(24)19(25)14-16-4-2-11-22-15-16/h2,4-8,11,15H,3,9-10,12-14H2,1H3. The van der Waals surface area contributed by atoms with Crippen LogP contribution in [0.15, 0.2) is 48.8 Å². The summed E-state index contributed by atoms with van der Waals surface area (Å²) in [5.41, 5.74) is 1.36. The van der Waals surface area contributed by atoms with Crippen molar-refractivity contribution in [1.29, 1.82) is 0 Å². The molecule has 1 saturated heterocycles. The molecule has 2 aromatic rings. The first-order valence-corrected chi connectivity index (χ1v) is 9.30. The van der Waals surface area contributed by atoms with Gasteiger partial charge in [0.25, 0.3) is 5.91 Å². The van der Waals surface area contributed by atoms with Gasteiger partial charge in [-0.25, -0.2) is 0 Å². The number of benzene rings is 1. The van der Waals surface area contributed by atoms with Gasteiger partial charge < -0.3 is 4.74 Å². The van der Waals surface area contributed by atoms with E-state index in [9.17, 15) is 9.59 Å². The maximum absolute atomic E-state index is 13.3. The number of hydrazine groups is 1. The summed E-state index contributed by atoms with van der Waals surface area (Å²) in [5.74, 6) is 0.750. The summed E-state index contributed by atoms with van der Waals surface area (Å²) >= 11 is 0. The number of pyridine rings is 1. The summed E-state index contributed by atoms with van der Waals surface area (Å²) < 4.78 is 5.21. The predicted octanol–water partition coefficient (Wildman–Crippen LogP) is 2.34. The van der Waals surface area contributed by atoms with Crippen LogP contribution in [0.5, 0.6) is 5.75 Å². The van der Waals surface area contributed by atoms with Crippen LogP contribution in [0.25, 0.3) is 0 Å². The molecule has 6 heteroatoms. The van der Waals surface area contributed by atoms with Crippen molar-refractivity contribution in [1.82, 2.24) is 15.0 Å². The second-order valence-electron chi connectivity index (χ2n) is 7.15. The van der Waals surface area contributed by atoms with Gasteiger partial charge in [-0.3, -0.25) is 24.6 Å². The first-order chi connectivity index (χ1) is 13.1. The molecular formula is C21H23N3O3. The number of aromatic nitrogens is 1. The number of nitrogens with zero attached hydrogens (tertiary/aromatic N) is 3. The minimum absolute atomic E-state index is 0.0321. The molecule has 4 rings (SSSR count). The minimum atomic E-state index is -0.497. The van der Waals surface area contributed by atoms with Crippen molar-refractivity contribution in [3.05, 3.63) is 59.9 Å². The molecule has 6 nitrogen and oxygen atoms in total. The topological polar surface area (TPSA) is 62.7 Å². The van der Waals surface area contributed by atoms with E-state index >= 15 is 0 Å². The van der Waals surface area contributed by atoms with Gasteiger partial charge in [-0.1, -0.05) is 18.2 Å². The molecule has 27 heavy (non-hydrogen) atoms. The van der Waals surface area contributed by atoms with Crippen molar-refractivity contribution in [3.63, 3.8) is 0 Å². The van der Waals surface area contributed by atoms with E-state index in [1.54, 1.807) is 29.5 Å². The van der Waals surface area contributed by atoms with Crippen LogP contribution in [0.4, 0.5) is 0 Å². The Bertz CT molecular complexity index is 832. The average Bonchev–Trinajstić information content (AvgIpc) is 3.37. The number of hydrogen-bond donors (Lipinski definition) is 0. The number of carbonyl (C=O) groups is 2. The molecule has 2 amide bonds. The monoisotopic (exact) mass is 365 g/mol. The Hall–Kier alpha value is -2.89. The maximum atomic E-state index is 13.3. The summed E-state index contributed by atoms with van der Waals surface area (Å²) in [6.07, 6.45) is 6.08. The summed E-state index contributed by atoms with van der Waals surface area (Å²) in [6, 6.07) is 11.4. The normalized spacial score (nSPS) is 17.7. The van der Waals surface area contributed by atoms with Gasteiger partial charge in [-0.15, -0.1) is 0 Å².